The van der Waals surface area contributed by atoms with E-state index >= 15 is 0 Å². The highest BCUT2D eigenvalue weighted by molar-refractivity contribution is 5.74. The Bertz CT molecular complexity index is 177. The predicted octanol–water partition coefficient (Wildman–Crippen LogP) is 2.04. The molecule has 0 aromatic carbocycles. The van der Waals surface area contributed by atoms with Gasteiger partial charge in [0.2, 0.25) is 5.91 Å². The maximum Gasteiger partial charge on any atom is 0.219 e. The Morgan fingerprint density at radius 3 is 2.33 bits per heavy atom. The summed E-state index contributed by atoms with van der Waals surface area (Å²) in [6.07, 6.45) is 2.35. The largest absolute Gasteiger partial charge is 0.337 e. The lowest BCUT2D eigenvalue weighted by atomic mass is 10.0. The first-order chi connectivity index (χ1) is 5.54. The first-order valence-corrected chi connectivity index (χ1v) is 4.83. The molecule has 2 unspecified atom stereocenters. The molecule has 2 nitrogen and oxygen atoms in total. The molecule has 1 aliphatic rings. The van der Waals surface area contributed by atoms with Gasteiger partial charge in [0.25, 0.3) is 0 Å². The smallest absolute Gasteiger partial charge is 0.219 e. The second-order valence-electron chi connectivity index (χ2n) is 4.16. The van der Waals surface area contributed by atoms with Crippen molar-refractivity contribution in [2.45, 2.75) is 52.6 Å². The van der Waals surface area contributed by atoms with Gasteiger partial charge < -0.3 is 4.90 Å². The van der Waals surface area contributed by atoms with E-state index in [4.69, 9.17) is 0 Å². The van der Waals surface area contributed by atoms with E-state index in [1.165, 1.54) is 12.8 Å². The van der Waals surface area contributed by atoms with E-state index in [1.807, 2.05) is 4.90 Å². The summed E-state index contributed by atoms with van der Waals surface area (Å²) < 4.78 is 0. The number of amides is 1. The summed E-state index contributed by atoms with van der Waals surface area (Å²) in [4.78, 5) is 13.3. The molecule has 1 aliphatic heterocycles. The summed E-state index contributed by atoms with van der Waals surface area (Å²) >= 11 is 0. The third-order valence-electron chi connectivity index (χ3n) is 2.85. The van der Waals surface area contributed by atoms with Crippen LogP contribution < -0.4 is 0 Å². The molecule has 1 heterocycles. The van der Waals surface area contributed by atoms with Crippen molar-refractivity contribution in [2.75, 3.05) is 0 Å². The van der Waals surface area contributed by atoms with Crippen LogP contribution in [0.25, 0.3) is 0 Å². The van der Waals surface area contributed by atoms with Gasteiger partial charge in [-0.05, 0) is 25.7 Å². The summed E-state index contributed by atoms with van der Waals surface area (Å²) in [5.41, 5.74) is 0. The van der Waals surface area contributed by atoms with Crippen LogP contribution in [-0.2, 0) is 4.79 Å². The molecule has 1 amide bonds. The molecule has 2 heteroatoms. The number of rotatable bonds is 1. The minimum Gasteiger partial charge on any atom is -0.337 e. The van der Waals surface area contributed by atoms with E-state index in [1.54, 1.807) is 6.92 Å². The van der Waals surface area contributed by atoms with E-state index in [0.717, 1.165) is 0 Å². The van der Waals surface area contributed by atoms with Crippen LogP contribution in [0, 0.1) is 5.92 Å². The van der Waals surface area contributed by atoms with Gasteiger partial charge in [0, 0.05) is 19.0 Å². The normalized spacial score (nSPS) is 29.9. The first kappa shape index (κ1) is 9.56. The topological polar surface area (TPSA) is 20.3 Å². The molecule has 2 atom stereocenters. The van der Waals surface area contributed by atoms with Crippen LogP contribution in [0.5, 0.6) is 0 Å². The molecule has 1 saturated heterocycles. The summed E-state index contributed by atoms with van der Waals surface area (Å²) in [6.45, 7) is 8.21. The molecule has 1 fully saturated rings. The Labute approximate surface area is 74.9 Å². The van der Waals surface area contributed by atoms with Gasteiger partial charge in [-0.15, -0.1) is 0 Å². The van der Waals surface area contributed by atoms with Crippen LogP contribution in [0.2, 0.25) is 0 Å². The summed E-state index contributed by atoms with van der Waals surface area (Å²) in [5.74, 6) is 0.831. The van der Waals surface area contributed by atoms with Crippen molar-refractivity contribution in [1.82, 2.24) is 4.90 Å². The fourth-order valence-corrected chi connectivity index (χ4v) is 2.22. The van der Waals surface area contributed by atoms with Crippen LogP contribution in [0.15, 0.2) is 0 Å². The SMILES string of the molecule is CC(=O)N1C(C)CCC1C(C)C. The highest BCUT2D eigenvalue weighted by atomic mass is 16.2. The van der Waals surface area contributed by atoms with Gasteiger partial charge in [0.1, 0.15) is 0 Å². The lowest BCUT2D eigenvalue weighted by Crippen LogP contribution is -2.40. The van der Waals surface area contributed by atoms with Crippen LogP contribution in [-0.4, -0.2) is 22.9 Å². The van der Waals surface area contributed by atoms with Crippen LogP contribution in [0.4, 0.5) is 0 Å². The molecule has 0 N–H and O–H groups in total. The Kier molecular flexibility index (Phi) is 2.76. The average molecular weight is 169 g/mol. The average Bonchev–Trinajstić information content (AvgIpc) is 2.30. The molecule has 0 saturated carbocycles. The van der Waals surface area contributed by atoms with Crippen molar-refractivity contribution < 1.29 is 4.79 Å². The number of carbonyl (C=O) groups is 1. The Morgan fingerprint density at radius 2 is 2.00 bits per heavy atom. The molecule has 70 valence electrons. The van der Waals surface area contributed by atoms with E-state index in [2.05, 4.69) is 20.8 Å². The fraction of sp³-hybridized carbons (Fsp3) is 0.900. The van der Waals surface area contributed by atoms with Gasteiger partial charge >= 0.3 is 0 Å². The van der Waals surface area contributed by atoms with Gasteiger partial charge in [-0.1, -0.05) is 13.8 Å². The Hall–Kier alpha value is -0.530. The van der Waals surface area contributed by atoms with Gasteiger partial charge in [-0.2, -0.15) is 0 Å². The molecule has 0 bridgehead atoms. The maximum absolute atomic E-state index is 11.3. The lowest BCUT2D eigenvalue weighted by Gasteiger charge is -2.29. The minimum atomic E-state index is 0.235. The zero-order valence-corrected chi connectivity index (χ0v) is 8.50. The first-order valence-electron chi connectivity index (χ1n) is 4.83. The molecule has 0 aromatic rings. The summed E-state index contributed by atoms with van der Waals surface area (Å²) in [6, 6.07) is 0.937. The highest BCUT2D eigenvalue weighted by Crippen LogP contribution is 2.28. The van der Waals surface area contributed by atoms with Crippen molar-refractivity contribution in [3.63, 3.8) is 0 Å². The van der Waals surface area contributed by atoms with Gasteiger partial charge in [-0.25, -0.2) is 0 Å². The van der Waals surface area contributed by atoms with Crippen molar-refractivity contribution in [3.05, 3.63) is 0 Å². The van der Waals surface area contributed by atoms with E-state index in [-0.39, 0.29) is 5.91 Å². The van der Waals surface area contributed by atoms with E-state index < -0.39 is 0 Å². The van der Waals surface area contributed by atoms with Crippen molar-refractivity contribution in [2.24, 2.45) is 5.92 Å². The standard InChI is InChI=1S/C10H19NO/c1-7(2)10-6-5-8(3)11(10)9(4)12/h7-8,10H,5-6H2,1-4H3. The molecular weight excluding hydrogens is 150 g/mol. The fourth-order valence-electron chi connectivity index (χ4n) is 2.22. The molecule has 0 aliphatic carbocycles. The number of likely N-dealkylation sites (tertiary alicyclic amines) is 1. The molecule has 0 spiro atoms. The second-order valence-corrected chi connectivity index (χ2v) is 4.16. The van der Waals surface area contributed by atoms with Gasteiger partial charge in [0.05, 0.1) is 0 Å². The number of hydrogen-bond donors (Lipinski definition) is 0. The summed E-state index contributed by atoms with van der Waals surface area (Å²) in [5, 5.41) is 0. The Morgan fingerprint density at radius 1 is 1.42 bits per heavy atom. The summed E-state index contributed by atoms with van der Waals surface area (Å²) in [7, 11) is 0. The molecule has 0 aromatic heterocycles. The number of nitrogens with zero attached hydrogens (tertiary/aromatic N) is 1. The third-order valence-corrected chi connectivity index (χ3v) is 2.85. The second kappa shape index (κ2) is 3.46. The third kappa shape index (κ3) is 1.62. The Balaban J connectivity index is 2.70. The van der Waals surface area contributed by atoms with Crippen LogP contribution in [0.3, 0.4) is 0 Å². The van der Waals surface area contributed by atoms with Crippen molar-refractivity contribution >= 4 is 5.91 Å². The monoisotopic (exact) mass is 169 g/mol. The highest BCUT2D eigenvalue weighted by Gasteiger charge is 2.33. The number of carbonyl (C=O) groups excluding carboxylic acids is 1. The molecule has 0 radical (unpaired) electrons. The number of hydrogen-bond acceptors (Lipinski definition) is 1. The van der Waals surface area contributed by atoms with Crippen LogP contribution >= 0.6 is 0 Å². The molecule has 12 heavy (non-hydrogen) atoms. The van der Waals surface area contributed by atoms with Crippen molar-refractivity contribution in [3.8, 4) is 0 Å². The molecular formula is C10H19NO. The maximum atomic E-state index is 11.3. The zero-order valence-electron chi connectivity index (χ0n) is 8.50. The van der Waals surface area contributed by atoms with Gasteiger partial charge in [0.15, 0.2) is 0 Å². The van der Waals surface area contributed by atoms with Gasteiger partial charge in [-0.3, -0.25) is 4.79 Å². The predicted molar refractivity (Wildman–Crippen MR) is 49.8 cm³/mol. The molecule has 1 rings (SSSR count). The van der Waals surface area contributed by atoms with Crippen molar-refractivity contribution in [1.29, 1.82) is 0 Å². The quantitative estimate of drug-likeness (QED) is 0.588. The zero-order chi connectivity index (χ0) is 9.30. The van der Waals surface area contributed by atoms with E-state index in [9.17, 15) is 4.79 Å². The lowest BCUT2D eigenvalue weighted by molar-refractivity contribution is -0.132. The van der Waals surface area contributed by atoms with Crippen LogP contribution in [0.1, 0.15) is 40.5 Å². The van der Waals surface area contributed by atoms with E-state index in [0.29, 0.717) is 18.0 Å². The minimum absolute atomic E-state index is 0.235.